The van der Waals surface area contributed by atoms with E-state index in [1.165, 1.54) is 199 Å². The lowest BCUT2D eigenvalue weighted by atomic mass is 10.0. The monoisotopic (exact) mass is 1060 g/mol. The average molecular weight is 1060 g/mol. The molecular formula is C65H124N2O6P+. The molecule has 74 heavy (non-hydrogen) atoms. The van der Waals surface area contributed by atoms with Crippen LogP contribution < -0.4 is 5.32 Å². The second-order valence-corrected chi connectivity index (χ2v) is 24.2. The van der Waals surface area contributed by atoms with Gasteiger partial charge in [-0.2, -0.15) is 0 Å². The van der Waals surface area contributed by atoms with Crippen LogP contribution in [0.5, 0.6) is 0 Å². The van der Waals surface area contributed by atoms with Crippen LogP contribution in [0.4, 0.5) is 0 Å². The molecule has 0 spiro atoms. The number of likely N-dealkylation sites (N-methyl/N-ethyl adjacent to an activating group) is 1. The van der Waals surface area contributed by atoms with Crippen molar-refractivity contribution in [3.63, 3.8) is 0 Å². The fraction of sp³-hybridized carbons (Fsp3) is 0.831. The molecule has 0 aliphatic rings. The average Bonchev–Trinajstić information content (AvgIpc) is 3.36. The van der Waals surface area contributed by atoms with Crippen LogP contribution in [0.3, 0.4) is 0 Å². The first-order chi connectivity index (χ1) is 36.0. The lowest BCUT2D eigenvalue weighted by Crippen LogP contribution is -2.46. The molecule has 8 nitrogen and oxygen atoms in total. The number of rotatable bonds is 58. The Bertz CT molecular complexity index is 1390. The minimum Gasteiger partial charge on any atom is -0.391 e. The number of phosphoric ester groups is 1. The third-order valence-electron chi connectivity index (χ3n) is 14.3. The highest BCUT2D eigenvalue weighted by molar-refractivity contribution is 7.47. The Morgan fingerprint density at radius 2 is 0.811 bits per heavy atom. The van der Waals surface area contributed by atoms with Crippen LogP contribution >= 0.6 is 7.82 Å². The number of hydrogen-bond acceptors (Lipinski definition) is 5. The lowest BCUT2D eigenvalue weighted by molar-refractivity contribution is -0.870. The molecule has 0 aliphatic carbocycles. The van der Waals surface area contributed by atoms with Crippen molar-refractivity contribution in [2.45, 2.75) is 309 Å². The van der Waals surface area contributed by atoms with Crippen molar-refractivity contribution in [2.24, 2.45) is 0 Å². The lowest BCUT2D eigenvalue weighted by Gasteiger charge is -2.26. The Labute approximate surface area is 460 Å². The van der Waals surface area contributed by atoms with E-state index in [4.69, 9.17) is 9.05 Å². The summed E-state index contributed by atoms with van der Waals surface area (Å²) in [6.45, 7) is 4.80. The second kappa shape index (κ2) is 55.9. The fourth-order valence-electron chi connectivity index (χ4n) is 9.37. The zero-order chi connectivity index (χ0) is 54.2. The van der Waals surface area contributed by atoms with Gasteiger partial charge in [-0.25, -0.2) is 4.57 Å². The number of aliphatic hydroxyl groups excluding tert-OH is 1. The highest BCUT2D eigenvalue weighted by Gasteiger charge is 2.28. The van der Waals surface area contributed by atoms with Crippen molar-refractivity contribution < 1.29 is 32.9 Å². The number of amides is 1. The number of carbonyl (C=O) groups excluding carboxylic acids is 1. The molecule has 9 heteroatoms. The number of allylic oxidation sites excluding steroid dienone is 10. The standard InChI is InChI=1S/C65H123N2O6P/c1-6-8-10-12-14-16-18-20-22-23-24-25-26-27-28-29-30-31-32-33-34-35-36-37-38-39-40-41-42-43-45-47-49-51-53-55-57-59-65(69)66-63(62-73-74(70,71)72-61-60-67(3,4)5)64(68)58-56-54-52-50-48-46-44-21-19-17-15-13-11-9-7-2/h8,10,14,16,20,22,24-25,27-28,63-64,68H,6-7,9,11-13,15,17-19,21,23,26,29-62H2,1-5H3,(H-,66,69,70,71)/p+1/b10-8-,16-14-,22-20-,25-24-,28-27-. The van der Waals surface area contributed by atoms with E-state index in [2.05, 4.69) is 79.9 Å². The van der Waals surface area contributed by atoms with Gasteiger partial charge in [-0.05, 0) is 57.8 Å². The van der Waals surface area contributed by atoms with Crippen molar-refractivity contribution in [2.75, 3.05) is 40.9 Å². The quantitative estimate of drug-likeness (QED) is 0.0243. The number of carbonyl (C=O) groups is 1. The number of phosphoric acid groups is 1. The zero-order valence-corrected chi connectivity index (χ0v) is 50.5. The predicted octanol–water partition coefficient (Wildman–Crippen LogP) is 19.7. The maximum absolute atomic E-state index is 13.0. The van der Waals surface area contributed by atoms with Gasteiger partial charge in [-0.1, -0.05) is 293 Å². The third-order valence-corrected chi connectivity index (χ3v) is 15.3. The first kappa shape index (κ1) is 72.2. The summed E-state index contributed by atoms with van der Waals surface area (Å²) in [4.78, 5) is 23.4. The molecule has 0 rings (SSSR count). The van der Waals surface area contributed by atoms with Crippen LogP contribution in [0.2, 0.25) is 0 Å². The number of nitrogens with one attached hydrogen (secondary N) is 1. The smallest absolute Gasteiger partial charge is 0.391 e. The zero-order valence-electron chi connectivity index (χ0n) is 49.6. The number of quaternary nitrogens is 1. The highest BCUT2D eigenvalue weighted by Crippen LogP contribution is 2.43. The summed E-state index contributed by atoms with van der Waals surface area (Å²) < 4.78 is 23.8. The van der Waals surface area contributed by atoms with Crippen molar-refractivity contribution in [3.8, 4) is 0 Å². The maximum atomic E-state index is 13.0. The fourth-order valence-corrected chi connectivity index (χ4v) is 10.1. The van der Waals surface area contributed by atoms with Gasteiger partial charge < -0.3 is 19.8 Å². The minimum atomic E-state index is -4.32. The Kier molecular flexibility index (Phi) is 54.6. The van der Waals surface area contributed by atoms with E-state index < -0.39 is 20.0 Å². The van der Waals surface area contributed by atoms with Gasteiger partial charge >= 0.3 is 7.82 Å². The van der Waals surface area contributed by atoms with Crippen molar-refractivity contribution in [1.29, 1.82) is 0 Å². The summed E-state index contributed by atoms with van der Waals surface area (Å²) in [6, 6.07) is -0.760. The number of aliphatic hydroxyl groups is 1. The van der Waals surface area contributed by atoms with Gasteiger partial charge in [0.25, 0.3) is 0 Å². The van der Waals surface area contributed by atoms with Crippen molar-refractivity contribution in [1.82, 2.24) is 5.32 Å². The van der Waals surface area contributed by atoms with Crippen molar-refractivity contribution >= 4 is 13.7 Å². The van der Waals surface area contributed by atoms with Crippen LogP contribution in [-0.2, 0) is 18.4 Å². The summed E-state index contributed by atoms with van der Waals surface area (Å²) >= 11 is 0. The molecule has 0 saturated carbocycles. The Hall–Kier alpha value is -1.80. The normalized spacial score (nSPS) is 14.2. The minimum absolute atomic E-state index is 0.0756. The molecule has 0 saturated heterocycles. The van der Waals surface area contributed by atoms with Gasteiger partial charge in [-0.3, -0.25) is 13.8 Å². The summed E-state index contributed by atoms with van der Waals surface area (Å²) in [5, 5.41) is 14.1. The molecule has 0 bridgehead atoms. The van der Waals surface area contributed by atoms with Gasteiger partial charge in [-0.15, -0.1) is 0 Å². The van der Waals surface area contributed by atoms with E-state index in [0.29, 0.717) is 23.9 Å². The Morgan fingerprint density at radius 3 is 1.19 bits per heavy atom. The van der Waals surface area contributed by atoms with Gasteiger partial charge in [0.05, 0.1) is 39.9 Å². The van der Waals surface area contributed by atoms with Gasteiger partial charge in [0, 0.05) is 6.42 Å². The Morgan fingerprint density at radius 1 is 0.473 bits per heavy atom. The molecule has 0 fully saturated rings. The van der Waals surface area contributed by atoms with E-state index in [1.54, 1.807) is 0 Å². The topological polar surface area (TPSA) is 105 Å². The number of hydrogen-bond donors (Lipinski definition) is 3. The number of unbranched alkanes of at least 4 members (excludes halogenated alkanes) is 35. The van der Waals surface area contributed by atoms with Crippen LogP contribution in [-0.4, -0.2) is 73.4 Å². The molecule has 1 amide bonds. The Balaban J connectivity index is 3.94. The van der Waals surface area contributed by atoms with E-state index >= 15 is 0 Å². The molecule has 3 atom stereocenters. The number of nitrogens with zero attached hydrogens (tertiary/aromatic N) is 1. The molecule has 0 radical (unpaired) electrons. The summed E-state index contributed by atoms with van der Waals surface area (Å²) in [7, 11) is 1.63. The highest BCUT2D eigenvalue weighted by atomic mass is 31.2. The van der Waals surface area contributed by atoms with Gasteiger partial charge in [0.15, 0.2) is 0 Å². The van der Waals surface area contributed by atoms with Gasteiger partial charge in [0.2, 0.25) is 5.91 Å². The molecule has 0 heterocycles. The molecular weight excluding hydrogens is 936 g/mol. The van der Waals surface area contributed by atoms with Crippen LogP contribution in [0.25, 0.3) is 0 Å². The van der Waals surface area contributed by atoms with Gasteiger partial charge in [0.1, 0.15) is 13.2 Å². The molecule has 434 valence electrons. The van der Waals surface area contributed by atoms with Crippen LogP contribution in [0.15, 0.2) is 60.8 Å². The first-order valence-corrected chi connectivity index (χ1v) is 33.1. The van der Waals surface area contributed by atoms with E-state index in [9.17, 15) is 19.4 Å². The van der Waals surface area contributed by atoms with E-state index in [-0.39, 0.29) is 19.1 Å². The molecule has 0 aromatic rings. The molecule has 3 N–H and O–H groups in total. The third kappa shape index (κ3) is 57.9. The largest absolute Gasteiger partial charge is 0.472 e. The van der Waals surface area contributed by atoms with Crippen LogP contribution in [0, 0.1) is 0 Å². The summed E-state index contributed by atoms with van der Waals surface area (Å²) in [6.07, 6.45) is 75.9. The SMILES string of the molecule is CC/C=C\C/C=C\C/C=C\C/C=C\C/C=C\CCCCCCCCCCCCCCCCCCCCCCCC(=O)NC(COP(=O)(O)OCC[N+](C)(C)C)C(O)CCCCCCCCCCCCCCCCC. The van der Waals surface area contributed by atoms with Crippen LogP contribution in [0.1, 0.15) is 296 Å². The predicted molar refractivity (Wildman–Crippen MR) is 323 cm³/mol. The molecule has 0 aliphatic heterocycles. The van der Waals surface area contributed by atoms with E-state index in [1.807, 2.05) is 21.1 Å². The molecule has 0 aromatic carbocycles. The maximum Gasteiger partial charge on any atom is 0.472 e. The van der Waals surface area contributed by atoms with Crippen molar-refractivity contribution in [3.05, 3.63) is 60.8 Å². The second-order valence-electron chi connectivity index (χ2n) is 22.8. The summed E-state index contributed by atoms with van der Waals surface area (Å²) in [5.74, 6) is -0.140. The van der Waals surface area contributed by atoms with E-state index in [0.717, 1.165) is 70.6 Å². The molecule has 0 aromatic heterocycles. The summed E-state index contributed by atoms with van der Waals surface area (Å²) in [5.41, 5.74) is 0. The molecule has 3 unspecified atom stereocenters. The first-order valence-electron chi connectivity index (χ1n) is 31.7.